The number of hydrogen-bond donors (Lipinski definition) is 0. The maximum absolute atomic E-state index is 12.1. The van der Waals surface area contributed by atoms with Crippen LogP contribution in [0.4, 0.5) is 0 Å². The van der Waals surface area contributed by atoms with Gasteiger partial charge in [-0.1, -0.05) is 12.1 Å². The fourth-order valence-electron chi connectivity index (χ4n) is 2.34. The molecule has 0 N–H and O–H groups in total. The number of rotatable bonds is 5. The molecule has 0 radical (unpaired) electrons. The predicted octanol–water partition coefficient (Wildman–Crippen LogP) is 3.43. The lowest BCUT2D eigenvalue weighted by Gasteiger charge is -2.09. The number of methoxy groups -OCH3 is 2. The normalized spacial score (nSPS) is 10.8. The van der Waals surface area contributed by atoms with Gasteiger partial charge in [0.1, 0.15) is 11.3 Å². The van der Waals surface area contributed by atoms with Gasteiger partial charge in [0, 0.05) is 23.6 Å². The Morgan fingerprint density at radius 3 is 2.42 bits per heavy atom. The summed E-state index contributed by atoms with van der Waals surface area (Å²) in [5, 5.41) is 0.662. The second-order valence-electron chi connectivity index (χ2n) is 5.32. The Labute approximate surface area is 149 Å². The molecule has 0 bridgehead atoms. The van der Waals surface area contributed by atoms with E-state index in [1.165, 1.54) is 25.3 Å². The number of carbonyl (C=O) groups is 1. The topological polar surface area (TPSA) is 75.0 Å². The first-order valence-electron chi connectivity index (χ1n) is 7.75. The molecule has 0 saturated carbocycles. The smallest absolute Gasteiger partial charge is 0.336 e. The zero-order valence-corrected chi connectivity index (χ0v) is 14.2. The van der Waals surface area contributed by atoms with Gasteiger partial charge in [-0.2, -0.15) is 0 Å². The number of ether oxygens (including phenoxy) is 3. The van der Waals surface area contributed by atoms with Gasteiger partial charge in [0.2, 0.25) is 0 Å². The van der Waals surface area contributed by atoms with E-state index in [0.29, 0.717) is 16.7 Å². The average Bonchev–Trinajstić information content (AvgIpc) is 2.66. The molecule has 0 aliphatic carbocycles. The van der Waals surface area contributed by atoms with Gasteiger partial charge in [0.15, 0.2) is 11.5 Å². The highest BCUT2D eigenvalue weighted by Crippen LogP contribution is 2.32. The second-order valence-corrected chi connectivity index (χ2v) is 5.32. The van der Waals surface area contributed by atoms with Crippen molar-refractivity contribution in [2.45, 2.75) is 0 Å². The molecular weight excluding hydrogens is 336 g/mol. The van der Waals surface area contributed by atoms with Crippen LogP contribution in [0.25, 0.3) is 17.0 Å². The number of carbonyl (C=O) groups excluding carboxylic acids is 1. The Morgan fingerprint density at radius 2 is 1.73 bits per heavy atom. The Bertz CT molecular complexity index is 1010. The van der Waals surface area contributed by atoms with Crippen LogP contribution in [-0.4, -0.2) is 20.2 Å². The van der Waals surface area contributed by atoms with Crippen LogP contribution in [0, 0.1) is 0 Å². The minimum absolute atomic E-state index is 0.165. The molecule has 2 aromatic carbocycles. The van der Waals surface area contributed by atoms with Crippen molar-refractivity contribution in [3.8, 4) is 17.2 Å². The van der Waals surface area contributed by atoms with Gasteiger partial charge < -0.3 is 18.6 Å². The third-order valence-corrected chi connectivity index (χ3v) is 3.64. The summed E-state index contributed by atoms with van der Waals surface area (Å²) < 4.78 is 20.7. The molecule has 0 atom stereocenters. The fraction of sp³-hybridized carbons (Fsp3) is 0.100. The highest BCUT2D eigenvalue weighted by Gasteiger charge is 2.11. The molecule has 1 heterocycles. The lowest BCUT2D eigenvalue weighted by Crippen LogP contribution is -2.05. The third-order valence-electron chi connectivity index (χ3n) is 3.64. The number of esters is 1. The molecule has 0 unspecified atom stereocenters. The molecule has 0 saturated heterocycles. The quantitative estimate of drug-likeness (QED) is 0.303. The van der Waals surface area contributed by atoms with Crippen LogP contribution in [-0.2, 0) is 4.79 Å². The van der Waals surface area contributed by atoms with Crippen molar-refractivity contribution in [2.75, 3.05) is 14.2 Å². The first-order valence-corrected chi connectivity index (χ1v) is 7.75. The molecule has 0 aliphatic rings. The Morgan fingerprint density at radius 1 is 0.962 bits per heavy atom. The van der Waals surface area contributed by atoms with Crippen LogP contribution >= 0.6 is 0 Å². The van der Waals surface area contributed by atoms with Gasteiger partial charge in [0.25, 0.3) is 0 Å². The van der Waals surface area contributed by atoms with Crippen molar-refractivity contribution in [2.24, 2.45) is 0 Å². The molecule has 3 rings (SSSR count). The van der Waals surface area contributed by atoms with Crippen molar-refractivity contribution in [1.29, 1.82) is 0 Å². The van der Waals surface area contributed by atoms with Crippen molar-refractivity contribution in [1.82, 2.24) is 0 Å². The van der Waals surface area contributed by atoms with E-state index in [0.717, 1.165) is 11.3 Å². The summed E-state index contributed by atoms with van der Waals surface area (Å²) in [6, 6.07) is 13.2. The maximum atomic E-state index is 12.1. The van der Waals surface area contributed by atoms with Gasteiger partial charge in [-0.05, 0) is 35.9 Å². The van der Waals surface area contributed by atoms with E-state index < -0.39 is 11.6 Å². The van der Waals surface area contributed by atoms with Crippen LogP contribution in [0.5, 0.6) is 17.2 Å². The molecule has 1 aromatic heterocycles. The van der Waals surface area contributed by atoms with E-state index in [1.54, 1.807) is 37.5 Å². The Kier molecular flexibility index (Phi) is 5.03. The van der Waals surface area contributed by atoms with Crippen molar-refractivity contribution in [3.05, 3.63) is 70.6 Å². The molecule has 0 spiro atoms. The van der Waals surface area contributed by atoms with E-state index in [4.69, 9.17) is 18.6 Å². The van der Waals surface area contributed by atoms with Gasteiger partial charge in [0.05, 0.1) is 14.2 Å². The summed E-state index contributed by atoms with van der Waals surface area (Å²) in [4.78, 5) is 23.4. The van der Waals surface area contributed by atoms with Gasteiger partial charge in [-0.15, -0.1) is 0 Å². The molecule has 132 valence electrons. The maximum Gasteiger partial charge on any atom is 0.336 e. The SMILES string of the molecule is COc1ccc(/C=C/C(=O)Oc2cc3oc(=O)ccc3cc2OC)cc1. The highest BCUT2D eigenvalue weighted by molar-refractivity contribution is 5.90. The Balaban J connectivity index is 1.81. The largest absolute Gasteiger partial charge is 0.497 e. The summed E-state index contributed by atoms with van der Waals surface area (Å²) in [6.45, 7) is 0. The number of hydrogen-bond acceptors (Lipinski definition) is 6. The fourth-order valence-corrected chi connectivity index (χ4v) is 2.34. The minimum atomic E-state index is -0.586. The minimum Gasteiger partial charge on any atom is -0.497 e. The van der Waals surface area contributed by atoms with Gasteiger partial charge in [-0.3, -0.25) is 0 Å². The summed E-state index contributed by atoms with van der Waals surface area (Å²) in [5.41, 5.74) is 0.638. The van der Waals surface area contributed by atoms with Crippen molar-refractivity contribution in [3.63, 3.8) is 0 Å². The lowest BCUT2D eigenvalue weighted by atomic mass is 10.2. The number of benzene rings is 2. The standard InChI is InChI=1S/C20H16O6/c1-23-15-7-3-13(4-8-15)5-9-19(21)26-18-12-16-14(11-17(18)24-2)6-10-20(22)25-16/h3-12H,1-2H3/b9-5+. The van der Waals surface area contributed by atoms with Crippen molar-refractivity contribution < 1.29 is 23.4 Å². The molecule has 0 aliphatic heterocycles. The van der Waals surface area contributed by atoms with E-state index in [2.05, 4.69) is 0 Å². The van der Waals surface area contributed by atoms with Crippen molar-refractivity contribution >= 4 is 23.0 Å². The zero-order valence-electron chi connectivity index (χ0n) is 14.2. The van der Waals surface area contributed by atoms with Crippen LogP contribution < -0.4 is 19.8 Å². The first kappa shape index (κ1) is 17.3. The average molecular weight is 352 g/mol. The second kappa shape index (κ2) is 7.57. The summed E-state index contributed by atoms with van der Waals surface area (Å²) in [7, 11) is 3.05. The molecule has 0 fully saturated rings. The van der Waals surface area contributed by atoms with Crippen LogP contribution in [0.15, 0.2) is 63.8 Å². The molecule has 3 aromatic rings. The van der Waals surface area contributed by atoms with Crippen LogP contribution in [0.1, 0.15) is 5.56 Å². The van der Waals surface area contributed by atoms with Crippen LogP contribution in [0.2, 0.25) is 0 Å². The van der Waals surface area contributed by atoms with Gasteiger partial charge in [-0.25, -0.2) is 9.59 Å². The lowest BCUT2D eigenvalue weighted by molar-refractivity contribution is -0.129. The summed E-state index contributed by atoms with van der Waals surface area (Å²) in [5.74, 6) is 0.667. The van der Waals surface area contributed by atoms with E-state index in [-0.39, 0.29) is 5.75 Å². The molecular formula is C20H16O6. The third kappa shape index (κ3) is 3.92. The van der Waals surface area contributed by atoms with Crippen LogP contribution in [0.3, 0.4) is 0 Å². The summed E-state index contributed by atoms with van der Waals surface area (Å²) in [6.07, 6.45) is 2.92. The first-order chi connectivity index (χ1) is 12.6. The van der Waals surface area contributed by atoms with E-state index in [9.17, 15) is 9.59 Å². The number of fused-ring (bicyclic) bond motifs is 1. The molecule has 26 heavy (non-hydrogen) atoms. The van der Waals surface area contributed by atoms with E-state index >= 15 is 0 Å². The summed E-state index contributed by atoms with van der Waals surface area (Å²) >= 11 is 0. The van der Waals surface area contributed by atoms with Gasteiger partial charge >= 0.3 is 11.6 Å². The monoisotopic (exact) mass is 352 g/mol. The predicted molar refractivity (Wildman–Crippen MR) is 96.7 cm³/mol. The van der Waals surface area contributed by atoms with E-state index in [1.807, 2.05) is 12.1 Å². The zero-order chi connectivity index (χ0) is 18.5. The molecule has 6 nitrogen and oxygen atoms in total. The molecule has 0 amide bonds. The highest BCUT2D eigenvalue weighted by atomic mass is 16.6. The Hall–Kier alpha value is -3.54. The molecule has 6 heteroatoms.